The summed E-state index contributed by atoms with van der Waals surface area (Å²) in [6.45, 7) is 2.72. The number of aromatic amines is 1. The average molecular weight is 433 g/mol. The van der Waals surface area contributed by atoms with Crippen molar-refractivity contribution in [3.05, 3.63) is 17.7 Å². The van der Waals surface area contributed by atoms with Gasteiger partial charge < -0.3 is 10.6 Å². The molecule has 2 aromatic rings. The van der Waals surface area contributed by atoms with Crippen LogP contribution in [0.2, 0.25) is 0 Å². The summed E-state index contributed by atoms with van der Waals surface area (Å²) in [6.07, 6.45) is -2.52. The van der Waals surface area contributed by atoms with Gasteiger partial charge in [0.05, 0.1) is 11.1 Å². The van der Waals surface area contributed by atoms with Gasteiger partial charge in [0.15, 0.2) is 0 Å². The minimum Gasteiger partial charge on any atom is -0.379 e. The predicted octanol–water partition coefficient (Wildman–Crippen LogP) is 1.72. The third kappa shape index (κ3) is 4.21. The molecule has 1 aromatic carbocycles. The number of H-pyrrole nitrogens is 1. The monoisotopic (exact) mass is 433 g/mol. The topological polar surface area (TPSA) is 139 Å². The van der Waals surface area contributed by atoms with Gasteiger partial charge in [-0.15, -0.1) is 10.2 Å². The number of sulfonamides is 1. The lowest BCUT2D eigenvalue weighted by molar-refractivity contribution is -0.139. The van der Waals surface area contributed by atoms with Gasteiger partial charge in [0.25, 0.3) is 0 Å². The Morgan fingerprint density at radius 1 is 1.34 bits per heavy atom. The van der Waals surface area contributed by atoms with E-state index in [0.717, 1.165) is 19.3 Å². The SMILES string of the molecule is CCC(CNC)C1(Nc2ccc(C(F)(F)F)c(S(N)(=O)=O)c2-c2nn[nH]n2)CC1. The van der Waals surface area contributed by atoms with Crippen LogP contribution < -0.4 is 15.8 Å². The molecule has 5 N–H and O–H groups in total. The van der Waals surface area contributed by atoms with Crippen molar-refractivity contribution in [2.24, 2.45) is 11.1 Å². The van der Waals surface area contributed by atoms with Gasteiger partial charge in [-0.25, -0.2) is 13.6 Å². The molecule has 9 nitrogen and oxygen atoms in total. The summed E-state index contributed by atoms with van der Waals surface area (Å²) in [5, 5.41) is 24.5. The van der Waals surface area contributed by atoms with Crippen LogP contribution >= 0.6 is 0 Å². The summed E-state index contributed by atoms with van der Waals surface area (Å²) in [5.74, 6) is -0.106. The molecule has 1 unspecified atom stereocenters. The van der Waals surface area contributed by atoms with E-state index in [4.69, 9.17) is 5.14 Å². The summed E-state index contributed by atoms with van der Waals surface area (Å²) in [7, 11) is -2.94. The molecule has 0 saturated heterocycles. The number of tetrazole rings is 1. The molecular weight excluding hydrogens is 411 g/mol. The molecule has 0 amide bonds. The highest BCUT2D eigenvalue weighted by molar-refractivity contribution is 7.89. The number of nitrogens with zero attached hydrogens (tertiary/aromatic N) is 3. The summed E-state index contributed by atoms with van der Waals surface area (Å²) >= 11 is 0. The number of aromatic nitrogens is 4. The summed E-state index contributed by atoms with van der Waals surface area (Å²) in [4.78, 5) is -1.08. The normalized spacial score (nSPS) is 17.2. The number of hydrogen-bond donors (Lipinski definition) is 4. The molecule has 1 saturated carbocycles. The second-order valence-electron chi connectivity index (χ2n) is 7.09. The van der Waals surface area contributed by atoms with Crippen molar-refractivity contribution >= 4 is 15.7 Å². The van der Waals surface area contributed by atoms with Crippen LogP contribution in [0.5, 0.6) is 0 Å². The number of nitrogens with two attached hydrogens (primary N) is 1. The summed E-state index contributed by atoms with van der Waals surface area (Å²) in [6, 6.07) is 1.90. The van der Waals surface area contributed by atoms with Gasteiger partial charge in [-0.3, -0.25) is 0 Å². The van der Waals surface area contributed by atoms with Crippen LogP contribution in [-0.2, 0) is 16.2 Å². The van der Waals surface area contributed by atoms with E-state index < -0.39 is 26.7 Å². The van der Waals surface area contributed by atoms with Crippen molar-refractivity contribution in [2.45, 2.75) is 42.8 Å². The van der Waals surface area contributed by atoms with Crippen molar-refractivity contribution in [1.82, 2.24) is 25.9 Å². The van der Waals surface area contributed by atoms with Crippen LogP contribution in [0.25, 0.3) is 11.4 Å². The maximum atomic E-state index is 13.6. The van der Waals surface area contributed by atoms with E-state index >= 15 is 0 Å². The fourth-order valence-corrected chi connectivity index (χ4v) is 4.69. The van der Waals surface area contributed by atoms with Crippen LogP contribution in [0.4, 0.5) is 18.9 Å². The quantitative estimate of drug-likeness (QED) is 0.497. The number of anilines is 1. The van der Waals surface area contributed by atoms with Gasteiger partial charge in [-0.2, -0.15) is 18.4 Å². The number of rotatable bonds is 8. The number of alkyl halides is 3. The van der Waals surface area contributed by atoms with Crippen LogP contribution in [0, 0.1) is 5.92 Å². The molecule has 29 heavy (non-hydrogen) atoms. The first-order chi connectivity index (χ1) is 13.5. The Hall–Kier alpha value is -2.25. The molecule has 1 aliphatic rings. The third-order valence-electron chi connectivity index (χ3n) is 5.21. The summed E-state index contributed by atoms with van der Waals surface area (Å²) in [5.41, 5.74) is -1.93. The van der Waals surface area contributed by atoms with Crippen molar-refractivity contribution < 1.29 is 21.6 Å². The van der Waals surface area contributed by atoms with E-state index in [1.54, 1.807) is 0 Å². The first-order valence-corrected chi connectivity index (χ1v) is 10.5. The Morgan fingerprint density at radius 3 is 2.48 bits per heavy atom. The van der Waals surface area contributed by atoms with Gasteiger partial charge in [0.2, 0.25) is 15.8 Å². The van der Waals surface area contributed by atoms with Crippen LogP contribution in [0.3, 0.4) is 0 Å². The van der Waals surface area contributed by atoms with E-state index in [1.807, 2.05) is 14.0 Å². The molecule has 1 aliphatic carbocycles. The van der Waals surface area contributed by atoms with E-state index in [2.05, 4.69) is 31.3 Å². The average Bonchev–Trinajstić information content (AvgIpc) is 3.19. The maximum Gasteiger partial charge on any atom is 0.417 e. The lowest BCUT2D eigenvalue weighted by Crippen LogP contribution is -2.37. The highest BCUT2D eigenvalue weighted by atomic mass is 32.2. The molecule has 1 heterocycles. The second-order valence-corrected chi connectivity index (χ2v) is 8.59. The van der Waals surface area contributed by atoms with Crippen LogP contribution in [-0.4, -0.2) is 48.2 Å². The molecule has 0 bridgehead atoms. The fourth-order valence-electron chi connectivity index (χ4n) is 3.71. The maximum absolute atomic E-state index is 13.6. The van der Waals surface area contributed by atoms with Crippen molar-refractivity contribution in [3.63, 3.8) is 0 Å². The van der Waals surface area contributed by atoms with Gasteiger partial charge in [-0.1, -0.05) is 6.92 Å². The first kappa shape index (κ1) is 21.5. The van der Waals surface area contributed by atoms with Crippen molar-refractivity contribution in [2.75, 3.05) is 18.9 Å². The lowest BCUT2D eigenvalue weighted by atomic mass is 9.93. The van der Waals surface area contributed by atoms with E-state index in [0.29, 0.717) is 12.6 Å². The summed E-state index contributed by atoms with van der Waals surface area (Å²) < 4.78 is 65.1. The highest BCUT2D eigenvalue weighted by Crippen LogP contribution is 2.49. The molecule has 0 aliphatic heterocycles. The Morgan fingerprint density at radius 2 is 2.03 bits per heavy atom. The van der Waals surface area contributed by atoms with Gasteiger partial charge in [-0.05, 0) is 56.1 Å². The van der Waals surface area contributed by atoms with E-state index in [-0.39, 0.29) is 28.5 Å². The number of primary sulfonamides is 1. The van der Waals surface area contributed by atoms with Gasteiger partial charge in [0, 0.05) is 11.2 Å². The molecule has 1 aromatic heterocycles. The van der Waals surface area contributed by atoms with E-state index in [1.165, 1.54) is 6.07 Å². The molecule has 160 valence electrons. The molecule has 13 heteroatoms. The predicted molar refractivity (Wildman–Crippen MR) is 99.3 cm³/mol. The third-order valence-corrected chi connectivity index (χ3v) is 6.21. The van der Waals surface area contributed by atoms with E-state index in [9.17, 15) is 21.6 Å². The Labute approximate surface area is 165 Å². The molecular formula is C16H22F3N7O2S. The zero-order valence-electron chi connectivity index (χ0n) is 15.8. The largest absolute Gasteiger partial charge is 0.417 e. The van der Waals surface area contributed by atoms with Crippen LogP contribution in [0.1, 0.15) is 31.7 Å². The number of benzene rings is 1. The minimum absolute atomic E-state index is 0.162. The zero-order valence-corrected chi connectivity index (χ0v) is 16.7. The van der Waals surface area contributed by atoms with Crippen molar-refractivity contribution in [1.29, 1.82) is 0 Å². The Bertz CT molecular complexity index is 973. The second kappa shape index (κ2) is 7.54. The Balaban J connectivity index is 2.21. The molecule has 3 rings (SSSR count). The highest BCUT2D eigenvalue weighted by Gasteiger charge is 2.49. The molecule has 1 atom stereocenters. The first-order valence-electron chi connectivity index (χ1n) is 8.97. The van der Waals surface area contributed by atoms with Gasteiger partial charge in [0.1, 0.15) is 4.90 Å². The fraction of sp³-hybridized carbons (Fsp3) is 0.562. The number of nitrogens with one attached hydrogen (secondary N) is 3. The standard InChI is InChI=1S/C16H22F3N7O2S/c1-3-9(8-21-2)15(6-7-15)22-11-5-4-10(16(17,18)19)13(29(20,27)28)12(11)14-23-25-26-24-14/h4-5,9,21-22H,3,6-8H2,1-2H3,(H2,20,27,28)(H,23,24,25,26). The molecule has 0 radical (unpaired) electrons. The van der Waals surface area contributed by atoms with Crippen LogP contribution in [0.15, 0.2) is 17.0 Å². The minimum atomic E-state index is -4.94. The smallest absolute Gasteiger partial charge is 0.379 e. The number of halogens is 3. The molecule has 0 spiro atoms. The van der Waals surface area contributed by atoms with Gasteiger partial charge >= 0.3 is 6.18 Å². The number of hydrogen-bond acceptors (Lipinski definition) is 7. The Kier molecular flexibility index (Phi) is 5.58. The molecule has 1 fully saturated rings. The lowest BCUT2D eigenvalue weighted by Gasteiger charge is -2.29. The zero-order chi connectivity index (χ0) is 21.4. The van der Waals surface area contributed by atoms with Crippen molar-refractivity contribution in [3.8, 4) is 11.4 Å².